The molecule has 0 saturated carbocycles. The van der Waals surface area contributed by atoms with Gasteiger partial charge >= 0.3 is 11.9 Å². The van der Waals surface area contributed by atoms with Gasteiger partial charge in [0.1, 0.15) is 66.5 Å². The molecular formula is C65H101N17O16S. The maximum atomic E-state index is 14.8. The first kappa shape index (κ1) is 82.4. The molecule has 548 valence electrons. The Kier molecular flexibility index (Phi) is 34.4. The fraction of sp³-hybridized carbons (Fsp3) is 0.631. The number of hydrogen-bond donors (Lipinski definition) is 17. The van der Waals surface area contributed by atoms with Gasteiger partial charge in [0.2, 0.25) is 70.9 Å². The Bertz CT molecular complexity index is 3140. The van der Waals surface area contributed by atoms with Gasteiger partial charge in [0.05, 0.1) is 30.3 Å². The summed E-state index contributed by atoms with van der Waals surface area (Å²) in [5.41, 5.74) is 18.7. The second kappa shape index (κ2) is 41.4. The van der Waals surface area contributed by atoms with E-state index in [9.17, 15) is 77.3 Å². The standard InChI is InChI=1S/C65H101N17O16S/c1-9-35(7)51(68)65-80-47(31-99-65)62(96)75-42(25-33(3)4)58(92)73-41(21-22-49(84)85)57(91)82-53(36(8)10-2)64(98)74-39-19-14-15-24-70-54(88)45(28-48(67)83)77-61(95)46(29-50(86)87)78-60(94)44(27-38-30-69-32-71-38)76-59(93)43(26-37-17-12-11-13-18-37)79-63(97)52(34(5)6)81-56(90)40(20-16-23-66)72-55(39)89/h11-13,17-18,30,32-36,39-47,51-53H,9-10,14-16,19-29,31,66,68H2,1-8H3,(H2,67,83)(H,69,71)(H,70,88)(H,72,89)(H,73,92)(H,74,98)(H,75,96)(H,76,93)(H,77,95)(H,78,94)(H,79,97)(H,81,90)(H,82,91)(H,84,85)(H,86,87). The van der Waals surface area contributed by atoms with Gasteiger partial charge in [0.15, 0.2) is 0 Å². The monoisotopic (exact) mass is 1410 g/mol. The number of benzene rings is 1. The van der Waals surface area contributed by atoms with Crippen LogP contribution in [0.25, 0.3) is 0 Å². The molecule has 2 aliphatic heterocycles. The molecule has 20 N–H and O–H groups in total. The summed E-state index contributed by atoms with van der Waals surface area (Å²) >= 11 is 1.35. The Morgan fingerprint density at radius 2 is 1.26 bits per heavy atom. The predicted molar refractivity (Wildman–Crippen MR) is 365 cm³/mol. The third-order valence-corrected chi connectivity index (χ3v) is 18.1. The molecule has 1 saturated heterocycles. The molecule has 33 nitrogen and oxygen atoms in total. The average Bonchev–Trinajstić information content (AvgIpc) is 1.62. The maximum absolute atomic E-state index is 14.8. The van der Waals surface area contributed by atoms with Crippen molar-refractivity contribution in [1.29, 1.82) is 0 Å². The van der Waals surface area contributed by atoms with Crippen molar-refractivity contribution in [3.63, 3.8) is 0 Å². The normalized spacial score (nSPS) is 23.0. The van der Waals surface area contributed by atoms with Gasteiger partial charge in [-0.15, -0.1) is 11.8 Å². The summed E-state index contributed by atoms with van der Waals surface area (Å²) in [4.78, 5) is 206. The number of nitrogens with zero attached hydrogens (tertiary/aromatic N) is 2. The Morgan fingerprint density at radius 1 is 0.667 bits per heavy atom. The fourth-order valence-electron chi connectivity index (χ4n) is 10.7. The molecule has 4 rings (SSSR count). The molecule has 12 amide bonds. The lowest BCUT2D eigenvalue weighted by Gasteiger charge is -2.30. The average molecular weight is 1410 g/mol. The topological polar surface area (TPSA) is 531 Å². The van der Waals surface area contributed by atoms with E-state index >= 15 is 0 Å². The molecule has 14 unspecified atom stereocenters. The molecule has 0 bridgehead atoms. The molecule has 3 heterocycles. The van der Waals surface area contributed by atoms with Crippen LogP contribution in [0, 0.1) is 23.7 Å². The number of thioether (sulfide) groups is 1. The molecule has 34 heteroatoms. The molecule has 99 heavy (non-hydrogen) atoms. The molecule has 0 spiro atoms. The van der Waals surface area contributed by atoms with Crippen LogP contribution in [-0.4, -0.2) is 199 Å². The molecular weight excluding hydrogens is 1310 g/mol. The zero-order chi connectivity index (χ0) is 73.6. The van der Waals surface area contributed by atoms with Crippen molar-refractivity contribution in [2.75, 3.05) is 18.8 Å². The van der Waals surface area contributed by atoms with E-state index in [4.69, 9.17) is 17.2 Å². The van der Waals surface area contributed by atoms with Gasteiger partial charge < -0.3 is 90.9 Å². The fourth-order valence-corrected chi connectivity index (χ4v) is 11.9. The maximum Gasteiger partial charge on any atom is 0.305 e. The zero-order valence-corrected chi connectivity index (χ0v) is 58.3. The van der Waals surface area contributed by atoms with Crippen LogP contribution < -0.4 is 75.7 Å². The number of carbonyl (C=O) groups excluding carboxylic acids is 12. The number of nitrogens with two attached hydrogens (primary N) is 3. The summed E-state index contributed by atoms with van der Waals surface area (Å²) in [5, 5.41) is 48.9. The van der Waals surface area contributed by atoms with Gasteiger partial charge in [0, 0.05) is 43.5 Å². The third-order valence-electron chi connectivity index (χ3n) is 16.9. The number of primary amides is 1. The van der Waals surface area contributed by atoms with Crippen LogP contribution >= 0.6 is 11.8 Å². The van der Waals surface area contributed by atoms with Crippen LogP contribution in [0.5, 0.6) is 0 Å². The Balaban J connectivity index is 1.76. The number of aliphatic imine (C=N–C) groups is 1. The van der Waals surface area contributed by atoms with E-state index in [1.54, 1.807) is 58.0 Å². The largest absolute Gasteiger partial charge is 0.481 e. The number of imidazole rings is 1. The van der Waals surface area contributed by atoms with E-state index in [0.717, 1.165) is 6.42 Å². The van der Waals surface area contributed by atoms with Crippen molar-refractivity contribution in [3.05, 3.63) is 54.1 Å². The van der Waals surface area contributed by atoms with Crippen molar-refractivity contribution < 1.29 is 77.3 Å². The lowest BCUT2D eigenvalue weighted by molar-refractivity contribution is -0.142. The van der Waals surface area contributed by atoms with E-state index in [2.05, 4.69) is 73.4 Å². The summed E-state index contributed by atoms with van der Waals surface area (Å²) in [5.74, 6) is -15.5. The molecule has 1 aromatic carbocycles. The zero-order valence-electron chi connectivity index (χ0n) is 57.4. The van der Waals surface area contributed by atoms with Crippen LogP contribution in [0.2, 0.25) is 0 Å². The summed E-state index contributed by atoms with van der Waals surface area (Å²) in [7, 11) is 0. The van der Waals surface area contributed by atoms with E-state index in [0.29, 0.717) is 16.3 Å². The van der Waals surface area contributed by atoms with Crippen molar-refractivity contribution in [3.8, 4) is 0 Å². The first-order chi connectivity index (χ1) is 46.8. The number of H-pyrrole nitrogens is 1. The minimum absolute atomic E-state index is 0.000511. The molecule has 14 atom stereocenters. The molecule has 0 radical (unpaired) electrons. The number of rotatable bonds is 30. The molecule has 0 aliphatic carbocycles. The van der Waals surface area contributed by atoms with Crippen molar-refractivity contribution in [2.45, 2.75) is 218 Å². The highest BCUT2D eigenvalue weighted by atomic mass is 32.2. The smallest absolute Gasteiger partial charge is 0.305 e. The number of carbonyl (C=O) groups is 14. The highest BCUT2D eigenvalue weighted by molar-refractivity contribution is 8.14. The predicted octanol–water partition coefficient (Wildman–Crippen LogP) is -2.07. The van der Waals surface area contributed by atoms with Crippen LogP contribution in [0.3, 0.4) is 0 Å². The highest BCUT2D eigenvalue weighted by Crippen LogP contribution is 2.25. The lowest BCUT2D eigenvalue weighted by Crippen LogP contribution is -2.62. The van der Waals surface area contributed by atoms with Gasteiger partial charge in [0.25, 0.3) is 0 Å². The van der Waals surface area contributed by atoms with Crippen molar-refractivity contribution in [2.24, 2.45) is 45.9 Å². The second-order valence-corrected chi connectivity index (χ2v) is 26.9. The SMILES string of the molecule is CCC(C)C(N)C1=NC(C(=O)NC(CC(C)C)C(=O)NC(CCC(=O)O)C(=O)NC(C(=O)NC2CCCCNC(=O)C(CC(N)=O)NC(=O)C(CC(=O)O)NC(=O)C(Cc3cnc[nH]3)NC(=O)C(Cc3ccccc3)NC(=O)C(C(C)C)NC(=O)C(CCCN)NC2=O)C(C)CC)CS1. The number of carboxylic acid groups (broad SMARTS) is 2. The van der Waals surface area contributed by atoms with Gasteiger partial charge in [-0.2, -0.15) is 0 Å². The van der Waals surface area contributed by atoms with Crippen LogP contribution in [0.1, 0.15) is 144 Å². The van der Waals surface area contributed by atoms with Gasteiger partial charge in [-0.05, 0) is 80.7 Å². The first-order valence-electron chi connectivity index (χ1n) is 33.6. The summed E-state index contributed by atoms with van der Waals surface area (Å²) in [6.45, 7) is 13.9. The molecule has 1 aromatic heterocycles. The summed E-state index contributed by atoms with van der Waals surface area (Å²) in [6.07, 6.45) is 0.0672. The van der Waals surface area contributed by atoms with Crippen LogP contribution in [0.15, 0.2) is 47.8 Å². The lowest BCUT2D eigenvalue weighted by atomic mass is 9.96. The molecule has 1 fully saturated rings. The minimum Gasteiger partial charge on any atom is -0.481 e. The van der Waals surface area contributed by atoms with Gasteiger partial charge in [-0.3, -0.25) is 72.1 Å². The number of aliphatic carboxylic acids is 2. The number of nitrogens with one attached hydrogen (secondary N) is 12. The Labute approximate surface area is 579 Å². The minimum atomic E-state index is -1.94. The quantitative estimate of drug-likeness (QED) is 0.0400. The number of amides is 12. The third kappa shape index (κ3) is 27.7. The van der Waals surface area contributed by atoms with E-state index < -0.39 is 193 Å². The number of carboxylic acids is 2. The van der Waals surface area contributed by atoms with Crippen molar-refractivity contribution >= 4 is 99.6 Å². The van der Waals surface area contributed by atoms with Crippen molar-refractivity contribution in [1.82, 2.24) is 68.5 Å². The van der Waals surface area contributed by atoms with Crippen LogP contribution in [-0.2, 0) is 80.0 Å². The Hall–Kier alpha value is -9.05. The van der Waals surface area contributed by atoms with E-state index in [-0.39, 0.29) is 88.5 Å². The summed E-state index contributed by atoms with van der Waals surface area (Å²) in [6, 6.07) is -8.38. The van der Waals surface area contributed by atoms with Crippen LogP contribution in [0.4, 0.5) is 0 Å². The Morgan fingerprint density at radius 3 is 1.85 bits per heavy atom. The van der Waals surface area contributed by atoms with Gasteiger partial charge in [-0.1, -0.05) is 98.6 Å². The van der Waals surface area contributed by atoms with E-state index in [1.807, 2.05) is 27.7 Å². The molecule has 2 aliphatic rings. The first-order valence-corrected chi connectivity index (χ1v) is 34.5. The summed E-state index contributed by atoms with van der Waals surface area (Å²) < 4.78 is 0. The van der Waals surface area contributed by atoms with E-state index in [1.165, 1.54) is 24.3 Å². The highest BCUT2D eigenvalue weighted by Gasteiger charge is 2.40. The number of hydrogen-bond acceptors (Lipinski definition) is 19. The second-order valence-electron chi connectivity index (χ2n) is 25.8. The number of aromatic nitrogens is 2. The number of aromatic amines is 1. The molecule has 2 aromatic rings. The van der Waals surface area contributed by atoms with Gasteiger partial charge in [-0.25, -0.2) is 4.98 Å².